The van der Waals surface area contributed by atoms with Crippen molar-refractivity contribution in [3.63, 3.8) is 0 Å². The second-order valence-electron chi connectivity index (χ2n) is 5.49. The molecule has 0 saturated carbocycles. The standard InChI is InChI=1S/C12H26N2O/c1-12(2,3)15-10-7-13-11-5-8-14(4)9-6-11/h11,13H,5-10H2,1-4H3. The maximum absolute atomic E-state index is 5.67. The SMILES string of the molecule is CN1CCC(NCCOC(C)(C)C)CC1. The highest BCUT2D eigenvalue weighted by atomic mass is 16.5. The van der Waals surface area contributed by atoms with Crippen LogP contribution in [0.5, 0.6) is 0 Å². The van der Waals surface area contributed by atoms with Gasteiger partial charge in [0.2, 0.25) is 0 Å². The maximum Gasteiger partial charge on any atom is 0.0599 e. The summed E-state index contributed by atoms with van der Waals surface area (Å²) >= 11 is 0. The molecule has 0 bridgehead atoms. The lowest BCUT2D eigenvalue weighted by Crippen LogP contribution is -2.42. The van der Waals surface area contributed by atoms with Crippen LogP contribution in [0.15, 0.2) is 0 Å². The van der Waals surface area contributed by atoms with Crippen LogP contribution in [0.3, 0.4) is 0 Å². The molecule has 0 amide bonds. The van der Waals surface area contributed by atoms with Gasteiger partial charge in [0, 0.05) is 12.6 Å². The highest BCUT2D eigenvalue weighted by molar-refractivity contribution is 4.75. The molecule has 0 aliphatic carbocycles. The Kier molecular flexibility index (Phi) is 5.03. The predicted molar refractivity (Wildman–Crippen MR) is 64.2 cm³/mol. The van der Waals surface area contributed by atoms with Gasteiger partial charge in [0.1, 0.15) is 0 Å². The van der Waals surface area contributed by atoms with Gasteiger partial charge < -0.3 is 15.0 Å². The molecule has 0 atom stereocenters. The molecule has 1 fully saturated rings. The molecule has 1 aliphatic heterocycles. The van der Waals surface area contributed by atoms with Crippen LogP contribution >= 0.6 is 0 Å². The van der Waals surface area contributed by atoms with Gasteiger partial charge in [0.05, 0.1) is 12.2 Å². The lowest BCUT2D eigenvalue weighted by Gasteiger charge is -2.30. The van der Waals surface area contributed by atoms with E-state index >= 15 is 0 Å². The van der Waals surface area contributed by atoms with Crippen LogP contribution in [-0.2, 0) is 4.74 Å². The van der Waals surface area contributed by atoms with Crippen molar-refractivity contribution in [2.45, 2.75) is 45.3 Å². The zero-order valence-corrected chi connectivity index (χ0v) is 10.7. The molecule has 0 radical (unpaired) electrons. The molecule has 1 saturated heterocycles. The van der Waals surface area contributed by atoms with Crippen LogP contribution < -0.4 is 5.32 Å². The van der Waals surface area contributed by atoms with Crippen molar-refractivity contribution >= 4 is 0 Å². The van der Waals surface area contributed by atoms with E-state index in [2.05, 4.69) is 38.0 Å². The van der Waals surface area contributed by atoms with E-state index in [0.717, 1.165) is 13.2 Å². The monoisotopic (exact) mass is 214 g/mol. The molecule has 3 nitrogen and oxygen atoms in total. The molecule has 1 heterocycles. The van der Waals surface area contributed by atoms with E-state index in [1.807, 2.05) is 0 Å². The zero-order valence-electron chi connectivity index (χ0n) is 10.7. The Hall–Kier alpha value is -0.120. The third-order valence-electron chi connectivity index (χ3n) is 2.79. The summed E-state index contributed by atoms with van der Waals surface area (Å²) in [4.78, 5) is 2.39. The number of hydrogen-bond donors (Lipinski definition) is 1. The number of piperidine rings is 1. The van der Waals surface area contributed by atoms with Gasteiger partial charge in [-0.15, -0.1) is 0 Å². The molecule has 0 unspecified atom stereocenters. The van der Waals surface area contributed by atoms with Crippen LogP contribution in [0.1, 0.15) is 33.6 Å². The Balaban J connectivity index is 2.01. The third-order valence-corrected chi connectivity index (χ3v) is 2.79. The Labute approximate surface area is 94.2 Å². The number of likely N-dealkylation sites (tertiary alicyclic amines) is 1. The number of nitrogens with one attached hydrogen (secondary N) is 1. The fourth-order valence-corrected chi connectivity index (χ4v) is 1.83. The van der Waals surface area contributed by atoms with Gasteiger partial charge in [-0.2, -0.15) is 0 Å². The molecule has 90 valence electrons. The molecule has 0 aromatic rings. The fraction of sp³-hybridized carbons (Fsp3) is 1.00. The summed E-state index contributed by atoms with van der Waals surface area (Å²) in [6.45, 7) is 10.5. The summed E-state index contributed by atoms with van der Waals surface area (Å²) in [5.74, 6) is 0. The van der Waals surface area contributed by atoms with Crippen molar-refractivity contribution < 1.29 is 4.74 Å². The second-order valence-corrected chi connectivity index (χ2v) is 5.49. The highest BCUT2D eigenvalue weighted by Gasteiger charge is 2.16. The van der Waals surface area contributed by atoms with E-state index < -0.39 is 0 Å². The van der Waals surface area contributed by atoms with Crippen LogP contribution in [0.2, 0.25) is 0 Å². The van der Waals surface area contributed by atoms with E-state index in [9.17, 15) is 0 Å². The first-order chi connectivity index (χ1) is 6.97. The van der Waals surface area contributed by atoms with Crippen molar-refractivity contribution in [3.8, 4) is 0 Å². The Morgan fingerprint density at radius 1 is 1.27 bits per heavy atom. The minimum atomic E-state index is -0.00549. The molecule has 0 aromatic heterocycles. The summed E-state index contributed by atoms with van der Waals surface area (Å²) < 4.78 is 5.67. The average molecular weight is 214 g/mol. The number of ether oxygens (including phenoxy) is 1. The summed E-state index contributed by atoms with van der Waals surface area (Å²) in [5, 5.41) is 3.56. The van der Waals surface area contributed by atoms with Crippen molar-refractivity contribution in [2.75, 3.05) is 33.3 Å². The molecule has 1 N–H and O–H groups in total. The van der Waals surface area contributed by atoms with Crippen LogP contribution in [-0.4, -0.2) is 49.8 Å². The summed E-state index contributed by atoms with van der Waals surface area (Å²) in [6.07, 6.45) is 2.54. The summed E-state index contributed by atoms with van der Waals surface area (Å²) in [5.41, 5.74) is -0.00549. The average Bonchev–Trinajstić information content (AvgIpc) is 2.14. The van der Waals surface area contributed by atoms with E-state index in [1.54, 1.807) is 0 Å². The Bertz CT molecular complexity index is 169. The van der Waals surface area contributed by atoms with Gasteiger partial charge in [-0.1, -0.05) is 0 Å². The van der Waals surface area contributed by atoms with E-state index in [-0.39, 0.29) is 5.60 Å². The molecule has 3 heteroatoms. The van der Waals surface area contributed by atoms with Gasteiger partial charge in [-0.3, -0.25) is 0 Å². The van der Waals surface area contributed by atoms with Gasteiger partial charge >= 0.3 is 0 Å². The molecular weight excluding hydrogens is 188 g/mol. The predicted octanol–water partition coefficient (Wildman–Crippen LogP) is 1.49. The molecule has 1 aliphatic rings. The number of nitrogens with zero attached hydrogens (tertiary/aromatic N) is 1. The molecule has 0 aromatic carbocycles. The lowest BCUT2D eigenvalue weighted by atomic mass is 10.1. The fourth-order valence-electron chi connectivity index (χ4n) is 1.83. The Morgan fingerprint density at radius 3 is 2.40 bits per heavy atom. The van der Waals surface area contributed by atoms with Gasteiger partial charge in [-0.05, 0) is 53.8 Å². The number of hydrogen-bond acceptors (Lipinski definition) is 3. The summed E-state index contributed by atoms with van der Waals surface area (Å²) in [6, 6.07) is 0.699. The van der Waals surface area contributed by atoms with Crippen molar-refractivity contribution in [1.82, 2.24) is 10.2 Å². The Morgan fingerprint density at radius 2 is 1.87 bits per heavy atom. The van der Waals surface area contributed by atoms with Crippen molar-refractivity contribution in [3.05, 3.63) is 0 Å². The van der Waals surface area contributed by atoms with Crippen molar-refractivity contribution in [1.29, 1.82) is 0 Å². The smallest absolute Gasteiger partial charge is 0.0599 e. The van der Waals surface area contributed by atoms with E-state index in [1.165, 1.54) is 25.9 Å². The van der Waals surface area contributed by atoms with E-state index in [4.69, 9.17) is 4.74 Å². The minimum Gasteiger partial charge on any atom is -0.375 e. The zero-order chi connectivity index (χ0) is 11.3. The van der Waals surface area contributed by atoms with Gasteiger partial charge in [0.15, 0.2) is 0 Å². The largest absolute Gasteiger partial charge is 0.375 e. The number of rotatable bonds is 4. The third kappa shape index (κ3) is 6.13. The first kappa shape index (κ1) is 12.9. The molecular formula is C12H26N2O. The van der Waals surface area contributed by atoms with Crippen LogP contribution in [0.4, 0.5) is 0 Å². The molecule has 15 heavy (non-hydrogen) atoms. The van der Waals surface area contributed by atoms with E-state index in [0.29, 0.717) is 6.04 Å². The first-order valence-electron chi connectivity index (χ1n) is 6.03. The second kappa shape index (κ2) is 5.83. The topological polar surface area (TPSA) is 24.5 Å². The highest BCUT2D eigenvalue weighted by Crippen LogP contribution is 2.08. The van der Waals surface area contributed by atoms with Crippen LogP contribution in [0.25, 0.3) is 0 Å². The quantitative estimate of drug-likeness (QED) is 0.718. The molecule has 0 spiro atoms. The van der Waals surface area contributed by atoms with Gasteiger partial charge in [-0.25, -0.2) is 0 Å². The normalized spacial score (nSPS) is 20.8. The van der Waals surface area contributed by atoms with Crippen LogP contribution in [0, 0.1) is 0 Å². The van der Waals surface area contributed by atoms with Crippen molar-refractivity contribution in [2.24, 2.45) is 0 Å². The maximum atomic E-state index is 5.67. The molecule has 1 rings (SSSR count). The lowest BCUT2D eigenvalue weighted by molar-refractivity contribution is -0.00220. The summed E-state index contributed by atoms with van der Waals surface area (Å²) in [7, 11) is 2.19. The van der Waals surface area contributed by atoms with Gasteiger partial charge in [0.25, 0.3) is 0 Å². The minimum absolute atomic E-state index is 0.00549. The first-order valence-corrected chi connectivity index (χ1v) is 6.03.